The van der Waals surface area contributed by atoms with Gasteiger partial charge in [0.2, 0.25) is 5.71 Å². The summed E-state index contributed by atoms with van der Waals surface area (Å²) < 4.78 is 11.8. The van der Waals surface area contributed by atoms with Crippen LogP contribution in [-0.2, 0) is 23.1 Å². The van der Waals surface area contributed by atoms with Crippen LogP contribution in [0.3, 0.4) is 0 Å². The highest BCUT2D eigenvalue weighted by molar-refractivity contribution is 6.03. The fourth-order valence-corrected chi connectivity index (χ4v) is 3.00. The average Bonchev–Trinajstić information content (AvgIpc) is 3.05. The zero-order valence-electron chi connectivity index (χ0n) is 17.6. The van der Waals surface area contributed by atoms with Crippen LogP contribution in [0.5, 0.6) is 0 Å². The molecule has 3 rings (SSSR count). The molecule has 0 saturated heterocycles. The van der Waals surface area contributed by atoms with Gasteiger partial charge >= 0.3 is 5.97 Å². The molecule has 158 valence electrons. The van der Waals surface area contributed by atoms with Crippen LogP contribution >= 0.6 is 0 Å². The monoisotopic (exact) mass is 412 g/mol. The van der Waals surface area contributed by atoms with E-state index in [2.05, 4.69) is 4.98 Å². The fourth-order valence-electron chi connectivity index (χ4n) is 3.00. The topological polar surface area (TPSA) is 97.9 Å². The van der Waals surface area contributed by atoms with Crippen molar-refractivity contribution in [3.05, 3.63) is 57.8 Å². The smallest absolute Gasteiger partial charge is 0.343 e. The largest absolute Gasteiger partial charge is 0.452 e. The Morgan fingerprint density at radius 1 is 1.17 bits per heavy atom. The van der Waals surface area contributed by atoms with E-state index in [1.54, 1.807) is 14.0 Å². The van der Waals surface area contributed by atoms with Gasteiger partial charge in [-0.25, -0.2) is 9.78 Å². The third-order valence-corrected chi connectivity index (χ3v) is 4.78. The minimum absolute atomic E-state index is 0.00609. The molecule has 1 aromatic carbocycles. The quantitative estimate of drug-likeness (QED) is 0.569. The summed E-state index contributed by atoms with van der Waals surface area (Å²) in [6, 6.07) is 7.81. The van der Waals surface area contributed by atoms with Crippen LogP contribution in [0.1, 0.15) is 21.7 Å². The van der Waals surface area contributed by atoms with Crippen LogP contribution in [0.15, 0.2) is 39.8 Å². The molecule has 2 aromatic heterocycles. The number of hydrogen-bond acceptors (Lipinski definition) is 7. The van der Waals surface area contributed by atoms with Gasteiger partial charge in [-0.1, -0.05) is 12.1 Å². The number of likely N-dealkylation sites (N-methyl/N-ethyl adjacent to an activating group) is 1. The van der Waals surface area contributed by atoms with E-state index in [0.29, 0.717) is 6.54 Å². The van der Waals surface area contributed by atoms with Gasteiger partial charge < -0.3 is 23.5 Å². The summed E-state index contributed by atoms with van der Waals surface area (Å²) in [5, 5.41) is 0.0456. The molecule has 2 heterocycles. The van der Waals surface area contributed by atoms with Crippen LogP contribution < -0.4 is 10.5 Å². The summed E-state index contributed by atoms with van der Waals surface area (Å²) in [6.45, 7) is 1.48. The minimum Gasteiger partial charge on any atom is -0.452 e. The molecular weight excluding hydrogens is 388 g/mol. The standard InChI is InChI=1S/C21H24N4O5/c1-13-17(18-19(30-13)22-12-25(5)20(18)27)21(28)29-11-16(26)24(4)10-14-6-8-15(9-7-14)23(2)3/h6-9,12H,10-11H2,1-5H3. The molecule has 1 amide bonds. The zero-order chi connectivity index (χ0) is 22.0. The first-order chi connectivity index (χ1) is 14.2. The summed E-state index contributed by atoms with van der Waals surface area (Å²) in [5.74, 6) is -0.947. The summed E-state index contributed by atoms with van der Waals surface area (Å²) in [7, 11) is 7.07. The number of ether oxygens (including phenoxy) is 1. The Morgan fingerprint density at radius 2 is 1.83 bits per heavy atom. The van der Waals surface area contributed by atoms with Gasteiger partial charge in [-0.3, -0.25) is 9.59 Å². The third kappa shape index (κ3) is 4.19. The molecule has 0 saturated carbocycles. The molecule has 0 aliphatic carbocycles. The van der Waals surface area contributed by atoms with Crippen molar-refractivity contribution in [3.8, 4) is 0 Å². The fraction of sp³-hybridized carbons (Fsp3) is 0.333. The summed E-state index contributed by atoms with van der Waals surface area (Å²) in [6.07, 6.45) is 1.31. The number of rotatable bonds is 6. The third-order valence-electron chi connectivity index (χ3n) is 4.78. The lowest BCUT2D eigenvalue weighted by Crippen LogP contribution is -2.31. The van der Waals surface area contributed by atoms with Gasteiger partial charge in [-0.2, -0.15) is 0 Å². The lowest BCUT2D eigenvalue weighted by Gasteiger charge is -2.18. The molecule has 9 heteroatoms. The second kappa shape index (κ2) is 8.40. The lowest BCUT2D eigenvalue weighted by molar-refractivity contribution is -0.133. The van der Waals surface area contributed by atoms with Crippen molar-refractivity contribution in [3.63, 3.8) is 0 Å². The van der Waals surface area contributed by atoms with E-state index in [0.717, 1.165) is 11.3 Å². The number of furan rings is 1. The number of fused-ring (bicyclic) bond motifs is 1. The Hall–Kier alpha value is -3.62. The maximum atomic E-state index is 12.6. The van der Waals surface area contributed by atoms with Crippen molar-refractivity contribution < 1.29 is 18.7 Å². The molecule has 9 nitrogen and oxygen atoms in total. The van der Waals surface area contributed by atoms with E-state index in [-0.39, 0.29) is 28.3 Å². The van der Waals surface area contributed by atoms with Crippen molar-refractivity contribution in [2.75, 3.05) is 32.6 Å². The number of esters is 1. The van der Waals surface area contributed by atoms with Gasteiger partial charge in [0, 0.05) is 40.4 Å². The summed E-state index contributed by atoms with van der Waals surface area (Å²) in [4.78, 5) is 44.8. The minimum atomic E-state index is -0.798. The summed E-state index contributed by atoms with van der Waals surface area (Å²) in [5.41, 5.74) is 1.65. The van der Waals surface area contributed by atoms with Gasteiger partial charge in [0.05, 0.1) is 0 Å². The number of anilines is 1. The molecule has 0 aliphatic heterocycles. The number of benzene rings is 1. The number of carbonyl (C=O) groups excluding carboxylic acids is 2. The first-order valence-electron chi connectivity index (χ1n) is 9.31. The average molecular weight is 412 g/mol. The van der Waals surface area contributed by atoms with E-state index < -0.39 is 18.1 Å². The molecule has 0 aliphatic rings. The molecule has 0 spiro atoms. The van der Waals surface area contributed by atoms with E-state index >= 15 is 0 Å². The molecule has 0 bridgehead atoms. The highest BCUT2D eigenvalue weighted by Gasteiger charge is 2.24. The van der Waals surface area contributed by atoms with Crippen molar-refractivity contribution in [2.24, 2.45) is 7.05 Å². The van der Waals surface area contributed by atoms with Crippen molar-refractivity contribution in [1.82, 2.24) is 14.5 Å². The molecule has 0 unspecified atom stereocenters. The molecule has 0 fully saturated rings. The number of nitrogens with zero attached hydrogens (tertiary/aromatic N) is 4. The number of aryl methyl sites for hydroxylation is 2. The molecular formula is C21H24N4O5. The van der Waals surface area contributed by atoms with E-state index in [1.165, 1.54) is 22.8 Å². The zero-order valence-corrected chi connectivity index (χ0v) is 17.6. The van der Waals surface area contributed by atoms with Gasteiger partial charge in [0.25, 0.3) is 11.5 Å². The number of carbonyl (C=O) groups is 2. The molecule has 30 heavy (non-hydrogen) atoms. The highest BCUT2D eigenvalue weighted by Crippen LogP contribution is 2.21. The van der Waals surface area contributed by atoms with Crippen LogP contribution in [-0.4, -0.2) is 54.1 Å². The molecule has 0 atom stereocenters. The van der Waals surface area contributed by atoms with Gasteiger partial charge in [0.15, 0.2) is 6.61 Å². The molecule has 0 radical (unpaired) electrons. The van der Waals surface area contributed by atoms with Gasteiger partial charge in [0.1, 0.15) is 23.0 Å². The predicted octanol–water partition coefficient (Wildman–Crippen LogP) is 1.72. The SMILES string of the molecule is Cc1oc2ncn(C)c(=O)c2c1C(=O)OCC(=O)N(C)Cc1ccc(N(C)C)cc1. The first kappa shape index (κ1) is 21.1. The van der Waals surface area contributed by atoms with Crippen LogP contribution in [0.2, 0.25) is 0 Å². The number of aromatic nitrogens is 2. The second-order valence-electron chi connectivity index (χ2n) is 7.26. The van der Waals surface area contributed by atoms with Crippen LogP contribution in [0.25, 0.3) is 11.1 Å². The number of amides is 1. The Kier molecular flexibility index (Phi) is 5.91. The van der Waals surface area contributed by atoms with Gasteiger partial charge in [-0.05, 0) is 24.6 Å². The summed E-state index contributed by atoms with van der Waals surface area (Å²) >= 11 is 0. The lowest BCUT2D eigenvalue weighted by atomic mass is 10.2. The predicted molar refractivity (Wildman–Crippen MR) is 112 cm³/mol. The van der Waals surface area contributed by atoms with Crippen LogP contribution in [0.4, 0.5) is 5.69 Å². The first-order valence-corrected chi connectivity index (χ1v) is 9.31. The molecule has 0 N–H and O–H groups in total. The normalized spacial score (nSPS) is 10.8. The highest BCUT2D eigenvalue weighted by atomic mass is 16.5. The van der Waals surface area contributed by atoms with E-state index in [9.17, 15) is 14.4 Å². The Balaban J connectivity index is 1.66. The van der Waals surface area contributed by atoms with Crippen molar-refractivity contribution in [2.45, 2.75) is 13.5 Å². The Morgan fingerprint density at radius 3 is 2.47 bits per heavy atom. The van der Waals surface area contributed by atoms with Crippen LogP contribution in [0, 0.1) is 6.92 Å². The van der Waals surface area contributed by atoms with Crippen molar-refractivity contribution >= 4 is 28.7 Å². The van der Waals surface area contributed by atoms with Gasteiger partial charge in [-0.15, -0.1) is 0 Å². The van der Waals surface area contributed by atoms with Crippen molar-refractivity contribution in [1.29, 1.82) is 0 Å². The second-order valence-corrected chi connectivity index (χ2v) is 7.26. The Bertz CT molecular complexity index is 1140. The maximum absolute atomic E-state index is 12.6. The van der Waals surface area contributed by atoms with E-state index in [1.807, 2.05) is 43.3 Å². The van der Waals surface area contributed by atoms with E-state index in [4.69, 9.17) is 9.15 Å². The Labute approximate surface area is 173 Å². The molecule has 3 aromatic rings. The maximum Gasteiger partial charge on any atom is 0.343 e. The number of hydrogen-bond donors (Lipinski definition) is 0.